The van der Waals surface area contributed by atoms with Crippen molar-refractivity contribution in [3.63, 3.8) is 0 Å². The SMILES string of the molecule is Cc1cccc(C)c1NC(=O)C1N([C@@H](CO)CC(C)C)C(=O)[C@@H]2[C@@H](C(=O)NCc3ccccc3)[C@]3(C)OC12CC3C. The number of ether oxygens (including phenoxy) is 1. The Labute approximate surface area is 242 Å². The van der Waals surface area contributed by atoms with E-state index in [1.807, 2.05) is 90.1 Å². The number of hydrogen-bond acceptors (Lipinski definition) is 5. The van der Waals surface area contributed by atoms with Gasteiger partial charge in [-0.3, -0.25) is 14.4 Å². The van der Waals surface area contributed by atoms with Gasteiger partial charge in [0.15, 0.2) is 0 Å². The van der Waals surface area contributed by atoms with Crippen molar-refractivity contribution in [1.29, 1.82) is 0 Å². The minimum Gasteiger partial charge on any atom is -0.394 e. The number of nitrogens with one attached hydrogen (secondary N) is 2. The van der Waals surface area contributed by atoms with Crippen LogP contribution in [-0.4, -0.2) is 57.6 Å². The summed E-state index contributed by atoms with van der Waals surface area (Å²) in [6.45, 7) is 11.9. The molecule has 2 aromatic rings. The molecule has 3 heterocycles. The Kier molecular flexibility index (Phi) is 7.76. The molecule has 1 spiro atoms. The largest absolute Gasteiger partial charge is 0.394 e. The predicted octanol–water partition coefficient (Wildman–Crippen LogP) is 3.98. The zero-order chi connectivity index (χ0) is 29.7. The molecule has 0 radical (unpaired) electrons. The standard InChI is InChI=1S/C33H43N3O5/c1-19(2)15-24(18-37)36-28(30(39)35-27-20(3)11-10-12-21(27)4)33-16-22(5)32(6,41-33)25(26(33)31(36)40)29(38)34-17-23-13-8-7-9-14-23/h7-14,19,22,24-26,28,37H,15-18H2,1-6H3,(H,34,38)(H,35,39)/t22?,24-,25+,26+,28?,32-,33?/m1/s1. The summed E-state index contributed by atoms with van der Waals surface area (Å²) in [5.41, 5.74) is 1.42. The number of benzene rings is 2. The van der Waals surface area contributed by atoms with Gasteiger partial charge in [0.05, 0.1) is 30.1 Å². The molecule has 7 atom stereocenters. The highest BCUT2D eigenvalue weighted by molar-refractivity contribution is 6.04. The summed E-state index contributed by atoms with van der Waals surface area (Å²) in [6, 6.07) is 13.9. The molecule has 3 aliphatic rings. The topological polar surface area (TPSA) is 108 Å². The van der Waals surface area contributed by atoms with Crippen LogP contribution in [0.2, 0.25) is 0 Å². The minimum atomic E-state index is -1.18. The van der Waals surface area contributed by atoms with E-state index in [1.54, 1.807) is 4.90 Å². The molecular formula is C33H43N3O5. The minimum absolute atomic E-state index is 0.0628. The number of hydrogen-bond donors (Lipinski definition) is 3. The van der Waals surface area contributed by atoms with Crippen LogP contribution >= 0.6 is 0 Å². The van der Waals surface area contributed by atoms with Crippen LogP contribution in [0.5, 0.6) is 0 Å². The summed E-state index contributed by atoms with van der Waals surface area (Å²) in [6.07, 6.45) is 0.999. The number of anilines is 1. The van der Waals surface area contributed by atoms with Gasteiger partial charge in [-0.05, 0) is 62.1 Å². The maximum atomic E-state index is 14.5. The number of fused-ring (bicyclic) bond motifs is 1. The number of carbonyl (C=O) groups excluding carboxylic acids is 3. The molecule has 0 aliphatic carbocycles. The quantitative estimate of drug-likeness (QED) is 0.429. The first-order valence-corrected chi connectivity index (χ1v) is 14.8. The van der Waals surface area contributed by atoms with Crippen molar-refractivity contribution in [3.05, 3.63) is 65.2 Å². The molecule has 0 aromatic heterocycles. The average Bonchev–Trinajstić information content (AvgIpc) is 3.45. The van der Waals surface area contributed by atoms with Crippen molar-refractivity contribution in [2.75, 3.05) is 11.9 Å². The molecule has 3 aliphatic heterocycles. The van der Waals surface area contributed by atoms with E-state index in [-0.39, 0.29) is 36.2 Å². The molecule has 3 saturated heterocycles. The second-order valence-corrected chi connectivity index (χ2v) is 12.9. The predicted molar refractivity (Wildman–Crippen MR) is 157 cm³/mol. The van der Waals surface area contributed by atoms with Crippen molar-refractivity contribution < 1.29 is 24.2 Å². The first-order valence-electron chi connectivity index (χ1n) is 14.8. The zero-order valence-electron chi connectivity index (χ0n) is 24.9. The lowest BCUT2D eigenvalue weighted by atomic mass is 9.62. The van der Waals surface area contributed by atoms with Crippen LogP contribution in [0.3, 0.4) is 0 Å². The molecule has 2 bridgehead atoms. The van der Waals surface area contributed by atoms with E-state index in [2.05, 4.69) is 10.6 Å². The highest BCUT2D eigenvalue weighted by Crippen LogP contribution is 2.65. The number of rotatable bonds is 9. The lowest BCUT2D eigenvalue weighted by molar-refractivity contribution is -0.149. The Hall–Kier alpha value is -3.23. The fraction of sp³-hybridized carbons (Fsp3) is 0.545. The Morgan fingerprint density at radius 1 is 1.07 bits per heavy atom. The van der Waals surface area contributed by atoms with E-state index in [0.29, 0.717) is 25.1 Å². The van der Waals surface area contributed by atoms with Crippen LogP contribution in [0.15, 0.2) is 48.5 Å². The molecule has 3 fully saturated rings. The molecule has 8 nitrogen and oxygen atoms in total. The lowest BCUT2D eigenvalue weighted by Crippen LogP contribution is -2.56. The van der Waals surface area contributed by atoms with Crippen molar-refractivity contribution in [2.45, 2.75) is 84.2 Å². The van der Waals surface area contributed by atoms with E-state index in [9.17, 15) is 19.5 Å². The number of likely N-dealkylation sites (tertiary alicyclic amines) is 1. The molecule has 0 saturated carbocycles. The first kappa shape index (κ1) is 29.3. The number of amides is 3. The molecule has 3 N–H and O–H groups in total. The average molecular weight is 562 g/mol. The van der Waals surface area contributed by atoms with Gasteiger partial charge in [-0.2, -0.15) is 0 Å². The number of aryl methyl sites for hydroxylation is 2. The summed E-state index contributed by atoms with van der Waals surface area (Å²) in [5, 5.41) is 16.7. The number of aliphatic hydroxyl groups is 1. The molecular weight excluding hydrogens is 518 g/mol. The molecule has 8 heteroatoms. The van der Waals surface area contributed by atoms with Gasteiger partial charge in [0.1, 0.15) is 11.6 Å². The van der Waals surface area contributed by atoms with Crippen molar-refractivity contribution in [3.8, 4) is 0 Å². The molecule has 5 rings (SSSR count). The third-order valence-electron chi connectivity index (χ3n) is 9.67. The van der Waals surface area contributed by atoms with E-state index in [4.69, 9.17) is 4.74 Å². The molecule has 3 unspecified atom stereocenters. The van der Waals surface area contributed by atoms with Gasteiger partial charge in [-0.15, -0.1) is 0 Å². The Morgan fingerprint density at radius 3 is 2.34 bits per heavy atom. The molecule has 2 aromatic carbocycles. The Balaban J connectivity index is 1.55. The first-order chi connectivity index (χ1) is 19.4. The van der Waals surface area contributed by atoms with E-state index in [0.717, 1.165) is 16.7 Å². The van der Waals surface area contributed by atoms with E-state index < -0.39 is 35.1 Å². The van der Waals surface area contributed by atoms with Crippen LogP contribution in [0.25, 0.3) is 0 Å². The van der Waals surface area contributed by atoms with E-state index in [1.165, 1.54) is 0 Å². The summed E-state index contributed by atoms with van der Waals surface area (Å²) in [4.78, 5) is 44.3. The number of nitrogens with zero attached hydrogens (tertiary/aromatic N) is 1. The fourth-order valence-electron chi connectivity index (χ4n) is 7.69. The third-order valence-corrected chi connectivity index (χ3v) is 9.67. The Bertz CT molecular complexity index is 1310. The van der Waals surface area contributed by atoms with Gasteiger partial charge in [0.25, 0.3) is 0 Å². The molecule has 41 heavy (non-hydrogen) atoms. The highest BCUT2D eigenvalue weighted by Gasteiger charge is 2.80. The van der Waals surface area contributed by atoms with Crippen LogP contribution in [0.1, 0.15) is 57.2 Å². The molecule has 3 amide bonds. The molecule has 220 valence electrons. The highest BCUT2D eigenvalue weighted by atomic mass is 16.5. The summed E-state index contributed by atoms with van der Waals surface area (Å²) in [7, 11) is 0. The van der Waals surface area contributed by atoms with Gasteiger partial charge in [0, 0.05) is 12.2 Å². The fourth-order valence-corrected chi connectivity index (χ4v) is 7.69. The number of para-hydroxylation sites is 1. The second-order valence-electron chi connectivity index (χ2n) is 12.9. The van der Waals surface area contributed by atoms with Crippen molar-refractivity contribution >= 4 is 23.4 Å². The smallest absolute Gasteiger partial charge is 0.250 e. The van der Waals surface area contributed by atoms with Crippen LogP contribution in [0.4, 0.5) is 5.69 Å². The van der Waals surface area contributed by atoms with Crippen LogP contribution < -0.4 is 10.6 Å². The monoisotopic (exact) mass is 561 g/mol. The van der Waals surface area contributed by atoms with Crippen LogP contribution in [-0.2, 0) is 25.7 Å². The number of carbonyl (C=O) groups is 3. The van der Waals surface area contributed by atoms with Crippen LogP contribution in [0, 0.1) is 37.5 Å². The Morgan fingerprint density at radius 2 is 1.73 bits per heavy atom. The zero-order valence-corrected chi connectivity index (χ0v) is 24.9. The van der Waals surface area contributed by atoms with Gasteiger partial charge < -0.3 is 25.4 Å². The number of aliphatic hydroxyl groups excluding tert-OH is 1. The van der Waals surface area contributed by atoms with Crippen molar-refractivity contribution in [2.24, 2.45) is 23.7 Å². The summed E-state index contributed by atoms with van der Waals surface area (Å²) in [5.74, 6) is -2.35. The van der Waals surface area contributed by atoms with Gasteiger partial charge in [-0.1, -0.05) is 69.3 Å². The van der Waals surface area contributed by atoms with Gasteiger partial charge >= 0.3 is 0 Å². The normalized spacial score (nSPS) is 30.9. The summed E-state index contributed by atoms with van der Waals surface area (Å²) >= 11 is 0. The lowest BCUT2D eigenvalue weighted by Gasteiger charge is -2.37. The maximum Gasteiger partial charge on any atom is 0.250 e. The van der Waals surface area contributed by atoms with E-state index >= 15 is 0 Å². The maximum absolute atomic E-state index is 14.5. The third kappa shape index (κ3) is 4.75. The van der Waals surface area contributed by atoms with Gasteiger partial charge in [-0.25, -0.2) is 0 Å². The summed E-state index contributed by atoms with van der Waals surface area (Å²) < 4.78 is 6.84. The van der Waals surface area contributed by atoms with Crippen molar-refractivity contribution in [1.82, 2.24) is 10.2 Å². The van der Waals surface area contributed by atoms with Gasteiger partial charge in [0.2, 0.25) is 17.7 Å². The second kappa shape index (κ2) is 10.9.